The first-order valence-electron chi connectivity index (χ1n) is 12.0. The molecule has 0 spiro atoms. The third-order valence-corrected chi connectivity index (χ3v) is 7.96. The van der Waals surface area contributed by atoms with Crippen molar-refractivity contribution in [3.05, 3.63) is 46.5 Å². The molecule has 1 saturated heterocycles. The Bertz CT molecular complexity index is 1520. The van der Waals surface area contributed by atoms with Gasteiger partial charge in [0.1, 0.15) is 32.8 Å². The van der Waals surface area contributed by atoms with Crippen LogP contribution in [0.15, 0.2) is 30.3 Å². The Kier molecular flexibility index (Phi) is 6.46. The zero-order chi connectivity index (χ0) is 28.1. The number of imide groups is 2. The van der Waals surface area contributed by atoms with Gasteiger partial charge in [-0.3, -0.25) is 29.4 Å². The number of methoxy groups -OCH3 is 2. The number of urea groups is 1. The van der Waals surface area contributed by atoms with E-state index in [1.54, 1.807) is 40.2 Å². The van der Waals surface area contributed by atoms with Crippen LogP contribution in [0.25, 0.3) is 10.2 Å². The predicted octanol–water partition coefficient (Wildman–Crippen LogP) is 2.77. The molecule has 0 saturated carbocycles. The molecule has 1 unspecified atom stereocenters. The van der Waals surface area contributed by atoms with E-state index in [1.165, 1.54) is 29.5 Å². The maximum atomic E-state index is 13.1. The number of hydrogen-bond donors (Lipinski definition) is 3. The highest BCUT2D eigenvalue weighted by Crippen LogP contribution is 2.40. The fraction of sp³-hybridized carbons (Fsp3) is 0.308. The molecule has 5 rings (SSSR count). The van der Waals surface area contributed by atoms with E-state index in [1.807, 2.05) is 0 Å². The fourth-order valence-corrected chi connectivity index (χ4v) is 5.73. The largest absolute Gasteiger partial charge is 0.495 e. The Morgan fingerprint density at radius 1 is 1.05 bits per heavy atom. The minimum Gasteiger partial charge on any atom is -0.495 e. The van der Waals surface area contributed by atoms with Gasteiger partial charge in [-0.25, -0.2) is 9.78 Å². The molecule has 3 heterocycles. The number of hydrogen-bond acceptors (Lipinski definition) is 9. The number of piperidine rings is 1. The molecule has 12 nitrogen and oxygen atoms in total. The molecular weight excluding hydrogens is 526 g/mol. The second-order valence-corrected chi connectivity index (χ2v) is 10.6. The van der Waals surface area contributed by atoms with E-state index in [2.05, 4.69) is 20.9 Å². The van der Waals surface area contributed by atoms with Gasteiger partial charge in [0.15, 0.2) is 0 Å². The van der Waals surface area contributed by atoms with Crippen LogP contribution < -0.4 is 25.4 Å². The Balaban J connectivity index is 1.33. The highest BCUT2D eigenvalue weighted by molar-refractivity contribution is 7.19. The minimum atomic E-state index is -1.07. The minimum absolute atomic E-state index is 0.0286. The zero-order valence-electron chi connectivity index (χ0n) is 21.5. The lowest BCUT2D eigenvalue weighted by atomic mass is 10.0. The van der Waals surface area contributed by atoms with E-state index < -0.39 is 41.2 Å². The molecular formula is C26H25N5O7S. The quantitative estimate of drug-likeness (QED) is 0.395. The topological polar surface area (TPSA) is 156 Å². The number of amides is 6. The first kappa shape index (κ1) is 26.1. The monoisotopic (exact) mass is 551 g/mol. The lowest BCUT2D eigenvalue weighted by Gasteiger charge is -2.27. The van der Waals surface area contributed by atoms with Gasteiger partial charge < -0.3 is 20.1 Å². The van der Waals surface area contributed by atoms with E-state index in [0.29, 0.717) is 22.0 Å². The van der Waals surface area contributed by atoms with Gasteiger partial charge in [-0.2, -0.15) is 0 Å². The molecule has 39 heavy (non-hydrogen) atoms. The van der Waals surface area contributed by atoms with Crippen molar-refractivity contribution in [2.75, 3.05) is 19.5 Å². The molecule has 6 amide bonds. The summed E-state index contributed by atoms with van der Waals surface area (Å²) in [5.74, 6) is -1.20. The second-order valence-electron chi connectivity index (χ2n) is 9.58. The first-order valence-corrected chi connectivity index (χ1v) is 12.8. The molecule has 3 N–H and O–H groups in total. The second kappa shape index (κ2) is 9.66. The van der Waals surface area contributed by atoms with Crippen LogP contribution in [-0.2, 0) is 15.1 Å². The van der Waals surface area contributed by atoms with Crippen molar-refractivity contribution in [2.45, 2.75) is 38.3 Å². The van der Waals surface area contributed by atoms with Gasteiger partial charge >= 0.3 is 6.03 Å². The van der Waals surface area contributed by atoms with Crippen LogP contribution in [0.5, 0.6) is 11.5 Å². The van der Waals surface area contributed by atoms with Crippen molar-refractivity contribution < 1.29 is 33.4 Å². The van der Waals surface area contributed by atoms with Crippen LogP contribution >= 0.6 is 11.3 Å². The number of carbonyl (C=O) groups excluding carboxylic acids is 5. The van der Waals surface area contributed by atoms with Crippen LogP contribution in [0.4, 0.5) is 10.5 Å². The van der Waals surface area contributed by atoms with E-state index in [0.717, 1.165) is 9.60 Å². The van der Waals surface area contributed by atoms with Gasteiger partial charge in [0.2, 0.25) is 11.8 Å². The molecule has 2 aliphatic heterocycles. The summed E-state index contributed by atoms with van der Waals surface area (Å²) in [6.07, 6.45) is 0.0864. The number of anilines is 1. The van der Waals surface area contributed by atoms with Gasteiger partial charge in [-0.1, -0.05) is 0 Å². The number of nitrogens with one attached hydrogen (secondary N) is 3. The number of aromatic nitrogens is 1. The molecule has 0 radical (unpaired) electrons. The first-order chi connectivity index (χ1) is 18.5. The summed E-state index contributed by atoms with van der Waals surface area (Å²) in [6.45, 7) is 3.60. The van der Waals surface area contributed by atoms with Crippen molar-refractivity contribution in [1.29, 1.82) is 0 Å². The molecule has 2 aliphatic rings. The molecule has 3 aromatic rings. The van der Waals surface area contributed by atoms with Crippen molar-refractivity contribution in [3.8, 4) is 11.5 Å². The molecule has 202 valence electrons. The third-order valence-electron chi connectivity index (χ3n) is 6.57. The number of thiazole rings is 1. The maximum Gasteiger partial charge on any atom is 0.319 e. The van der Waals surface area contributed by atoms with E-state index in [-0.39, 0.29) is 29.7 Å². The van der Waals surface area contributed by atoms with Crippen LogP contribution in [0.1, 0.15) is 52.4 Å². The molecule has 0 bridgehead atoms. The third kappa shape index (κ3) is 4.54. The normalized spacial score (nSPS) is 17.2. The van der Waals surface area contributed by atoms with Crippen LogP contribution in [-0.4, -0.2) is 59.8 Å². The fourth-order valence-electron chi connectivity index (χ4n) is 4.60. The average molecular weight is 552 g/mol. The van der Waals surface area contributed by atoms with Crippen LogP contribution in [0.3, 0.4) is 0 Å². The summed E-state index contributed by atoms with van der Waals surface area (Å²) in [5.41, 5.74) is 0.186. The van der Waals surface area contributed by atoms with Crippen molar-refractivity contribution in [2.24, 2.45) is 0 Å². The van der Waals surface area contributed by atoms with Crippen LogP contribution in [0, 0.1) is 0 Å². The summed E-state index contributed by atoms with van der Waals surface area (Å²) in [5, 5.41) is 8.35. The lowest BCUT2D eigenvalue weighted by Crippen LogP contribution is -2.54. The predicted molar refractivity (Wildman–Crippen MR) is 141 cm³/mol. The highest BCUT2D eigenvalue weighted by Gasteiger charge is 2.44. The number of nitrogens with zero attached hydrogens (tertiary/aromatic N) is 2. The molecule has 1 fully saturated rings. The van der Waals surface area contributed by atoms with Crippen LogP contribution in [0.2, 0.25) is 0 Å². The summed E-state index contributed by atoms with van der Waals surface area (Å²) in [7, 11) is 3.12. The number of carbonyl (C=O) groups is 5. The van der Waals surface area contributed by atoms with Crippen molar-refractivity contribution in [3.63, 3.8) is 0 Å². The molecule has 13 heteroatoms. The summed E-state index contributed by atoms with van der Waals surface area (Å²) >= 11 is 1.36. The number of rotatable bonds is 6. The lowest BCUT2D eigenvalue weighted by molar-refractivity contribution is -0.136. The SMILES string of the molecule is COc1ccc(OC)c2sc(C(C)(C)NC(=O)Nc3ccc4c(c3)C(=O)N(C3CCC(=O)NC3=O)C4=O)nc12. The number of ether oxygens (including phenoxy) is 2. The van der Waals surface area contributed by atoms with E-state index in [4.69, 9.17) is 9.47 Å². The number of benzene rings is 2. The molecule has 1 atom stereocenters. The number of fused-ring (bicyclic) bond motifs is 2. The zero-order valence-corrected chi connectivity index (χ0v) is 22.4. The van der Waals surface area contributed by atoms with E-state index in [9.17, 15) is 24.0 Å². The Morgan fingerprint density at radius 2 is 1.74 bits per heavy atom. The Morgan fingerprint density at radius 3 is 2.44 bits per heavy atom. The summed E-state index contributed by atoms with van der Waals surface area (Å²) < 4.78 is 11.6. The molecule has 1 aromatic heterocycles. The smallest absolute Gasteiger partial charge is 0.319 e. The van der Waals surface area contributed by atoms with E-state index >= 15 is 0 Å². The van der Waals surface area contributed by atoms with Crippen molar-refractivity contribution in [1.82, 2.24) is 20.5 Å². The average Bonchev–Trinajstić information content (AvgIpc) is 3.44. The van der Waals surface area contributed by atoms with Gasteiger partial charge in [-0.15, -0.1) is 11.3 Å². The van der Waals surface area contributed by atoms with Gasteiger partial charge in [0.05, 0.1) is 30.9 Å². The van der Waals surface area contributed by atoms with Gasteiger partial charge in [0, 0.05) is 12.1 Å². The maximum absolute atomic E-state index is 13.1. The summed E-state index contributed by atoms with van der Waals surface area (Å²) in [6, 6.07) is 6.24. The van der Waals surface area contributed by atoms with Crippen molar-refractivity contribution >= 4 is 56.9 Å². The Labute approximate surface area is 226 Å². The van der Waals surface area contributed by atoms with Gasteiger partial charge in [-0.05, 0) is 50.6 Å². The Hall–Kier alpha value is -4.52. The standard InChI is InChI=1S/C26H25N5O7S/c1-26(2,24-29-19-16(37-3)8-9-17(38-4)20(19)39-24)30-25(36)27-12-5-6-13-14(11-12)23(35)31(22(13)34)15-7-10-18(32)28-21(15)33/h5-6,8-9,11,15H,7,10H2,1-4H3,(H2,27,30,36)(H,28,32,33). The highest BCUT2D eigenvalue weighted by atomic mass is 32.1. The summed E-state index contributed by atoms with van der Waals surface area (Å²) in [4.78, 5) is 68.2. The molecule has 0 aliphatic carbocycles. The van der Waals surface area contributed by atoms with Gasteiger partial charge in [0.25, 0.3) is 11.8 Å². The molecule has 2 aromatic carbocycles.